The molecule has 0 radical (unpaired) electrons. The third kappa shape index (κ3) is 4.61. The number of nitrogens with two attached hydrogens (primary N) is 1. The number of nitrogens with zero attached hydrogens (tertiary/aromatic N) is 2. The molecule has 2 aromatic heterocycles. The number of benzene rings is 1. The minimum Gasteiger partial charge on any atom is -0.392 e. The Morgan fingerprint density at radius 1 is 1.18 bits per heavy atom. The highest BCUT2D eigenvalue weighted by atomic mass is 32.2. The fourth-order valence-corrected chi connectivity index (χ4v) is 5.66. The van der Waals surface area contributed by atoms with E-state index in [1.807, 2.05) is 12.5 Å². The van der Waals surface area contributed by atoms with E-state index in [1.54, 1.807) is 12.1 Å². The van der Waals surface area contributed by atoms with Crippen LogP contribution in [0, 0.1) is 5.92 Å². The van der Waals surface area contributed by atoms with E-state index in [1.165, 1.54) is 28.6 Å². The summed E-state index contributed by atoms with van der Waals surface area (Å²) in [5.41, 5.74) is 4.51. The van der Waals surface area contributed by atoms with Gasteiger partial charge in [-0.1, -0.05) is 30.4 Å². The lowest BCUT2D eigenvalue weighted by molar-refractivity contribution is -0.0130. The van der Waals surface area contributed by atoms with Gasteiger partial charge < -0.3 is 14.2 Å². The van der Waals surface area contributed by atoms with Crippen molar-refractivity contribution in [1.29, 1.82) is 0 Å². The van der Waals surface area contributed by atoms with Crippen LogP contribution in [0.4, 0.5) is 0 Å². The van der Waals surface area contributed by atoms with Gasteiger partial charge in [-0.15, -0.1) is 0 Å². The van der Waals surface area contributed by atoms with Crippen molar-refractivity contribution in [1.82, 2.24) is 9.38 Å². The number of allylic oxidation sites excluding steroid dienone is 2. The highest BCUT2D eigenvalue weighted by Crippen LogP contribution is 2.31. The van der Waals surface area contributed by atoms with Crippen molar-refractivity contribution < 1.29 is 18.3 Å². The summed E-state index contributed by atoms with van der Waals surface area (Å²) in [5.74, 6) is 0.256. The number of aliphatic hydroxyl groups excluding tert-OH is 1. The topological polar surface area (TPSA) is 107 Å². The summed E-state index contributed by atoms with van der Waals surface area (Å²) in [4.78, 5) is 4.41. The maximum Gasteiger partial charge on any atom is 0.238 e. The van der Waals surface area contributed by atoms with Crippen molar-refractivity contribution in [2.24, 2.45) is 11.1 Å². The zero-order chi connectivity index (χ0) is 23.0. The number of sulfonamides is 1. The van der Waals surface area contributed by atoms with Crippen LogP contribution in [-0.2, 0) is 34.2 Å². The summed E-state index contributed by atoms with van der Waals surface area (Å²) in [6, 6.07) is 6.49. The molecule has 1 aromatic carbocycles. The van der Waals surface area contributed by atoms with Crippen LogP contribution in [0.25, 0.3) is 11.6 Å². The third-order valence-electron chi connectivity index (χ3n) is 7.00. The summed E-state index contributed by atoms with van der Waals surface area (Å²) >= 11 is 0. The van der Waals surface area contributed by atoms with Crippen LogP contribution in [-0.4, -0.2) is 35.1 Å². The van der Waals surface area contributed by atoms with Gasteiger partial charge in [0.05, 0.1) is 41.8 Å². The predicted octanol–water partition coefficient (Wildman–Crippen LogP) is 2.27. The van der Waals surface area contributed by atoms with Gasteiger partial charge in [-0.05, 0) is 61.3 Å². The van der Waals surface area contributed by atoms with Crippen LogP contribution < -0.4 is 10.4 Å². The Balaban J connectivity index is 1.16. The van der Waals surface area contributed by atoms with E-state index in [0.29, 0.717) is 13.0 Å². The molecule has 3 aromatic rings. The molecule has 7 nitrogen and oxygen atoms in total. The van der Waals surface area contributed by atoms with Gasteiger partial charge in [0.1, 0.15) is 0 Å². The molecule has 1 fully saturated rings. The van der Waals surface area contributed by atoms with Crippen molar-refractivity contribution in [3.05, 3.63) is 71.0 Å². The van der Waals surface area contributed by atoms with Crippen molar-refractivity contribution in [2.75, 3.05) is 0 Å². The van der Waals surface area contributed by atoms with Crippen LogP contribution in [0.3, 0.4) is 0 Å². The van der Waals surface area contributed by atoms with E-state index < -0.39 is 10.0 Å². The van der Waals surface area contributed by atoms with Crippen LogP contribution in [0.2, 0.25) is 0 Å². The summed E-state index contributed by atoms with van der Waals surface area (Å²) < 4.78 is 30.9. The van der Waals surface area contributed by atoms with Gasteiger partial charge in [0.15, 0.2) is 0 Å². The zero-order valence-corrected chi connectivity index (χ0v) is 19.2. The first-order valence-electron chi connectivity index (χ1n) is 11.4. The van der Waals surface area contributed by atoms with E-state index in [2.05, 4.69) is 27.6 Å². The monoisotopic (exact) mass is 467 g/mol. The molecular formula is C25H29N3O4S. The quantitative estimate of drug-likeness (QED) is 0.554. The number of hydrogen-bond acceptors (Lipinski definition) is 5. The largest absolute Gasteiger partial charge is 0.392 e. The van der Waals surface area contributed by atoms with E-state index in [4.69, 9.17) is 9.88 Å². The molecule has 0 aliphatic heterocycles. The Morgan fingerprint density at radius 2 is 1.94 bits per heavy atom. The standard InChI is InChI=1S/C25H29N3O4S/c26-33(30,31)20-11-5-17(6-12-20)15-32-19-9-7-18(8-10-19)25(29)13-23-21-3-1-2-4-22(21)24-14-27-16-28(23)24/h1-2,4-6,11-12,14,16,18-19,25,29H,3,7-10,13,15H2,(H2,26,30,31). The molecule has 1 saturated carbocycles. The van der Waals surface area contributed by atoms with E-state index >= 15 is 0 Å². The fourth-order valence-electron chi connectivity index (χ4n) is 5.14. The third-order valence-corrected chi connectivity index (χ3v) is 7.93. The highest BCUT2D eigenvalue weighted by molar-refractivity contribution is 7.89. The van der Waals surface area contributed by atoms with Crippen molar-refractivity contribution in [3.63, 3.8) is 0 Å². The Kier molecular flexibility index (Phi) is 6.09. The van der Waals surface area contributed by atoms with Gasteiger partial charge in [-0.25, -0.2) is 18.5 Å². The first-order valence-corrected chi connectivity index (χ1v) is 13.0. The van der Waals surface area contributed by atoms with Crippen LogP contribution in [0.1, 0.15) is 42.5 Å². The molecule has 174 valence electrons. The van der Waals surface area contributed by atoms with Crippen molar-refractivity contribution in [2.45, 2.75) is 62.2 Å². The average molecular weight is 468 g/mol. The number of aromatic nitrogens is 2. The second kappa shape index (κ2) is 9.02. The van der Waals surface area contributed by atoms with Gasteiger partial charge in [0.25, 0.3) is 0 Å². The number of rotatable bonds is 7. The Bertz CT molecular complexity index is 1320. The molecule has 2 aliphatic rings. The van der Waals surface area contributed by atoms with Gasteiger partial charge in [-0.3, -0.25) is 0 Å². The van der Waals surface area contributed by atoms with Gasteiger partial charge >= 0.3 is 0 Å². The second-order valence-corrected chi connectivity index (χ2v) is 10.7. The maximum atomic E-state index is 11.4. The van der Waals surface area contributed by atoms with Gasteiger partial charge in [0, 0.05) is 17.3 Å². The second-order valence-electron chi connectivity index (χ2n) is 9.09. The lowest BCUT2D eigenvalue weighted by Crippen LogP contribution is -2.31. The lowest BCUT2D eigenvalue weighted by Gasteiger charge is -2.31. The van der Waals surface area contributed by atoms with Crippen LogP contribution >= 0.6 is 0 Å². The highest BCUT2D eigenvalue weighted by Gasteiger charge is 2.29. The number of primary sulfonamides is 1. The molecule has 33 heavy (non-hydrogen) atoms. The average Bonchev–Trinajstić information content (AvgIpc) is 3.40. The summed E-state index contributed by atoms with van der Waals surface area (Å²) in [5, 5.41) is 17.4. The first-order chi connectivity index (χ1) is 15.9. The molecule has 1 atom stereocenters. The van der Waals surface area contributed by atoms with Crippen molar-refractivity contribution >= 4 is 21.6 Å². The smallest absolute Gasteiger partial charge is 0.238 e. The van der Waals surface area contributed by atoms with Crippen molar-refractivity contribution in [3.8, 4) is 0 Å². The molecule has 0 spiro atoms. The number of ether oxygens (including phenoxy) is 1. The number of aliphatic hydroxyl groups is 1. The Labute approximate surface area is 193 Å². The van der Waals surface area contributed by atoms with E-state index in [-0.39, 0.29) is 23.0 Å². The molecule has 0 amide bonds. The zero-order valence-electron chi connectivity index (χ0n) is 18.4. The van der Waals surface area contributed by atoms with Crippen LogP contribution in [0.15, 0.2) is 53.8 Å². The molecule has 5 rings (SSSR count). The summed E-state index contributed by atoms with van der Waals surface area (Å²) in [6.45, 7) is 0.436. The SMILES string of the molecule is NS(=O)(=O)c1ccc(COC2CCC(C(O)Cc3c4c(c5cncn35)=CC=CC4)CC2)cc1. The normalized spacial score (nSPS) is 21.6. The molecule has 0 saturated heterocycles. The molecule has 1 unspecified atom stereocenters. The minimum atomic E-state index is -3.68. The minimum absolute atomic E-state index is 0.105. The number of imidazole rings is 1. The van der Waals surface area contributed by atoms with E-state index in [9.17, 15) is 13.5 Å². The lowest BCUT2D eigenvalue weighted by atomic mass is 9.82. The molecular weight excluding hydrogens is 438 g/mol. The Hall–Kier alpha value is -2.52. The Morgan fingerprint density at radius 3 is 2.67 bits per heavy atom. The number of fused-ring (bicyclic) bond motifs is 3. The van der Waals surface area contributed by atoms with Gasteiger partial charge in [-0.2, -0.15) is 0 Å². The number of hydrogen-bond donors (Lipinski definition) is 2. The predicted molar refractivity (Wildman–Crippen MR) is 126 cm³/mol. The molecule has 8 heteroatoms. The van der Waals surface area contributed by atoms with Crippen LogP contribution in [0.5, 0.6) is 0 Å². The van der Waals surface area contributed by atoms with Gasteiger partial charge in [0.2, 0.25) is 10.0 Å². The fraction of sp³-hybridized carbons (Fsp3) is 0.400. The molecule has 0 bridgehead atoms. The first kappa shape index (κ1) is 22.3. The maximum absolute atomic E-state index is 11.4. The molecule has 2 heterocycles. The molecule has 3 N–H and O–H groups in total. The van der Waals surface area contributed by atoms with E-state index in [0.717, 1.165) is 43.2 Å². The summed E-state index contributed by atoms with van der Waals surface area (Å²) in [7, 11) is -3.68. The molecule has 2 aliphatic carbocycles. The summed E-state index contributed by atoms with van der Waals surface area (Å²) in [6.07, 6.45) is 15.1.